The predicted octanol–water partition coefficient (Wildman–Crippen LogP) is -0.0375. The molecule has 3 unspecified atom stereocenters. The second-order valence-corrected chi connectivity index (χ2v) is 6.22. The van der Waals surface area contributed by atoms with Crippen LogP contribution in [0.5, 0.6) is 0 Å². The van der Waals surface area contributed by atoms with E-state index in [1.807, 2.05) is 11.8 Å². The van der Waals surface area contributed by atoms with Crippen molar-refractivity contribution in [3.8, 4) is 0 Å². The number of aliphatic hydroxyl groups is 1. The molecule has 5 N–H and O–H groups in total. The molecule has 1 fully saturated rings. The van der Waals surface area contributed by atoms with Crippen LogP contribution >= 0.6 is 23.5 Å². The summed E-state index contributed by atoms with van der Waals surface area (Å²) in [5, 5.41) is 23.9. The molecule has 1 aliphatic rings. The number of hydrogen-bond acceptors (Lipinski definition) is 7. The fourth-order valence-corrected chi connectivity index (χ4v) is 3.76. The van der Waals surface area contributed by atoms with Crippen LogP contribution < -0.4 is 16.1 Å². The molecule has 0 aliphatic carbocycles. The number of thioether (sulfide) groups is 2. The minimum atomic E-state index is -0.383. The van der Waals surface area contributed by atoms with E-state index in [9.17, 15) is 5.11 Å². The summed E-state index contributed by atoms with van der Waals surface area (Å²) in [4.78, 5) is 0. The monoisotopic (exact) mass is 253 g/mol. The Morgan fingerprint density at radius 1 is 1.67 bits per heavy atom. The third-order valence-electron chi connectivity index (χ3n) is 2.13. The van der Waals surface area contributed by atoms with Crippen LogP contribution in [-0.4, -0.2) is 46.0 Å². The van der Waals surface area contributed by atoms with Gasteiger partial charge in [0.25, 0.3) is 0 Å². The lowest BCUT2D eigenvalue weighted by Crippen LogP contribution is -2.32. The van der Waals surface area contributed by atoms with Gasteiger partial charge < -0.3 is 10.3 Å². The van der Waals surface area contributed by atoms with E-state index >= 15 is 0 Å². The molecule has 0 amide bonds. The van der Waals surface area contributed by atoms with E-state index in [1.165, 1.54) is 0 Å². The molecule has 1 aliphatic heterocycles. The van der Waals surface area contributed by atoms with Crippen LogP contribution in [0.15, 0.2) is 0 Å². The highest BCUT2D eigenvalue weighted by Crippen LogP contribution is 2.30. The maximum Gasteiger partial charge on any atom is 0.129 e. The van der Waals surface area contributed by atoms with Crippen LogP contribution in [0.3, 0.4) is 0 Å². The molecule has 5 nitrogen and oxygen atoms in total. The minimum absolute atomic E-state index is 0.0367. The molecular weight excluding hydrogens is 234 g/mol. The van der Waals surface area contributed by atoms with E-state index in [0.29, 0.717) is 4.58 Å². The molecule has 0 aromatic heterocycles. The quantitative estimate of drug-likeness (QED) is 0.248. The molecule has 0 aromatic carbocycles. The lowest BCUT2D eigenvalue weighted by atomic mass is 10.3. The first-order chi connectivity index (χ1) is 7.26. The van der Waals surface area contributed by atoms with Gasteiger partial charge in [0, 0.05) is 6.54 Å². The third-order valence-corrected chi connectivity index (χ3v) is 4.95. The number of nitrogens with one attached hydrogen (secondary N) is 3. The van der Waals surface area contributed by atoms with Crippen molar-refractivity contribution in [2.24, 2.45) is 0 Å². The Morgan fingerprint density at radius 3 is 3.07 bits per heavy atom. The first-order valence-corrected chi connectivity index (χ1v) is 7.01. The summed E-state index contributed by atoms with van der Waals surface area (Å²) in [6.07, 6.45) is 1.41. The Hall–Kier alpha value is 0.500. The SMILES string of the molecule is CNC(O)CCCSC1CNC(NO)S1. The van der Waals surface area contributed by atoms with Crippen LogP contribution in [0, 0.1) is 0 Å². The largest absolute Gasteiger partial charge is 0.379 e. The van der Waals surface area contributed by atoms with E-state index in [1.54, 1.807) is 18.8 Å². The van der Waals surface area contributed by atoms with Gasteiger partial charge >= 0.3 is 0 Å². The zero-order valence-electron chi connectivity index (χ0n) is 8.77. The van der Waals surface area contributed by atoms with Crippen molar-refractivity contribution in [3.05, 3.63) is 0 Å². The van der Waals surface area contributed by atoms with Crippen LogP contribution in [0.4, 0.5) is 0 Å². The molecule has 1 rings (SSSR count). The minimum Gasteiger partial charge on any atom is -0.379 e. The Labute approximate surface area is 98.7 Å². The second-order valence-electron chi connectivity index (χ2n) is 3.30. The molecule has 1 heterocycles. The highest BCUT2D eigenvalue weighted by molar-refractivity contribution is 8.17. The van der Waals surface area contributed by atoms with Gasteiger partial charge in [-0.1, -0.05) is 0 Å². The summed E-state index contributed by atoms with van der Waals surface area (Å²) >= 11 is 3.55. The molecule has 0 bridgehead atoms. The van der Waals surface area contributed by atoms with Gasteiger partial charge in [-0.05, 0) is 25.6 Å². The molecule has 0 spiro atoms. The van der Waals surface area contributed by atoms with Gasteiger partial charge in [0.2, 0.25) is 0 Å². The first-order valence-electron chi connectivity index (χ1n) is 5.01. The molecule has 15 heavy (non-hydrogen) atoms. The summed E-state index contributed by atoms with van der Waals surface area (Å²) in [5.41, 5.74) is 2.16. The van der Waals surface area contributed by atoms with Crippen LogP contribution in [-0.2, 0) is 0 Å². The zero-order valence-corrected chi connectivity index (χ0v) is 10.4. The Balaban J connectivity index is 1.97. The summed E-state index contributed by atoms with van der Waals surface area (Å²) in [7, 11) is 1.76. The van der Waals surface area contributed by atoms with Crippen molar-refractivity contribution in [2.45, 2.75) is 29.1 Å². The smallest absolute Gasteiger partial charge is 0.129 e. The zero-order chi connectivity index (χ0) is 11.1. The molecule has 90 valence electrons. The van der Waals surface area contributed by atoms with Crippen molar-refractivity contribution in [3.63, 3.8) is 0 Å². The Morgan fingerprint density at radius 2 is 2.47 bits per heavy atom. The molecule has 0 saturated carbocycles. The maximum absolute atomic E-state index is 9.25. The van der Waals surface area contributed by atoms with Gasteiger partial charge in [0.05, 0.1) is 4.58 Å². The standard InChI is InChI=1S/C8H19N3O2S2/c1-9-6(12)3-2-4-14-7-5-10-8(11-13)15-7/h6-13H,2-5H2,1H3. The molecule has 0 aromatic rings. The molecular formula is C8H19N3O2S2. The van der Waals surface area contributed by atoms with Gasteiger partial charge in [0.15, 0.2) is 0 Å². The lowest BCUT2D eigenvalue weighted by molar-refractivity contribution is 0.136. The van der Waals surface area contributed by atoms with Crippen LogP contribution in [0.25, 0.3) is 0 Å². The van der Waals surface area contributed by atoms with Gasteiger partial charge in [-0.25, -0.2) is 0 Å². The second kappa shape index (κ2) is 7.72. The molecule has 0 radical (unpaired) electrons. The Bertz CT molecular complexity index is 176. The van der Waals surface area contributed by atoms with E-state index in [2.05, 4.69) is 16.1 Å². The molecule has 7 heteroatoms. The summed E-state index contributed by atoms with van der Waals surface area (Å²) < 4.78 is 0.487. The number of aliphatic hydroxyl groups excluding tert-OH is 1. The number of rotatable bonds is 7. The van der Waals surface area contributed by atoms with Gasteiger partial charge in [-0.2, -0.15) is 5.48 Å². The van der Waals surface area contributed by atoms with E-state index in [-0.39, 0.29) is 11.7 Å². The maximum atomic E-state index is 9.25. The first kappa shape index (κ1) is 13.6. The molecule has 1 saturated heterocycles. The summed E-state index contributed by atoms with van der Waals surface area (Å²) in [6, 6.07) is 0. The molecule has 3 atom stereocenters. The predicted molar refractivity (Wildman–Crippen MR) is 64.9 cm³/mol. The number of hydrogen-bond donors (Lipinski definition) is 5. The van der Waals surface area contributed by atoms with Crippen molar-refractivity contribution >= 4 is 23.5 Å². The Kier molecular flexibility index (Phi) is 6.98. The van der Waals surface area contributed by atoms with Crippen molar-refractivity contribution in [1.29, 1.82) is 0 Å². The van der Waals surface area contributed by atoms with Crippen molar-refractivity contribution < 1.29 is 10.3 Å². The van der Waals surface area contributed by atoms with E-state index in [0.717, 1.165) is 25.1 Å². The summed E-state index contributed by atoms with van der Waals surface area (Å²) in [6.45, 7) is 0.905. The van der Waals surface area contributed by atoms with E-state index < -0.39 is 0 Å². The van der Waals surface area contributed by atoms with Crippen LogP contribution in [0.1, 0.15) is 12.8 Å². The fourth-order valence-electron chi connectivity index (χ4n) is 1.26. The third kappa shape index (κ3) is 5.39. The van der Waals surface area contributed by atoms with Crippen molar-refractivity contribution in [1.82, 2.24) is 16.1 Å². The lowest BCUT2D eigenvalue weighted by Gasteiger charge is -2.10. The fraction of sp³-hybridized carbons (Fsp3) is 1.00. The highest BCUT2D eigenvalue weighted by atomic mass is 32.2. The van der Waals surface area contributed by atoms with Gasteiger partial charge in [-0.15, -0.1) is 23.5 Å². The topological polar surface area (TPSA) is 76.5 Å². The normalized spacial score (nSPS) is 28.2. The average Bonchev–Trinajstić information content (AvgIpc) is 2.72. The average molecular weight is 253 g/mol. The number of hydroxylamine groups is 1. The highest BCUT2D eigenvalue weighted by Gasteiger charge is 2.23. The van der Waals surface area contributed by atoms with Crippen molar-refractivity contribution in [2.75, 3.05) is 19.3 Å². The van der Waals surface area contributed by atoms with Crippen LogP contribution in [0.2, 0.25) is 0 Å². The van der Waals surface area contributed by atoms with Gasteiger partial charge in [-0.3, -0.25) is 10.6 Å². The van der Waals surface area contributed by atoms with E-state index in [4.69, 9.17) is 5.21 Å². The summed E-state index contributed by atoms with van der Waals surface area (Å²) in [5.74, 6) is 1.04. The van der Waals surface area contributed by atoms with Gasteiger partial charge in [0.1, 0.15) is 11.7 Å².